The minimum absolute atomic E-state index is 0.0577. The normalized spacial score (nSPS) is 11.1. The van der Waals surface area contributed by atoms with Gasteiger partial charge < -0.3 is 10.4 Å². The van der Waals surface area contributed by atoms with Crippen LogP contribution < -0.4 is 5.32 Å². The number of aliphatic hydroxyl groups is 1. The molecule has 142 valence electrons. The second-order valence-corrected chi connectivity index (χ2v) is 6.58. The smallest absolute Gasteiger partial charge is 0.261 e. The molecule has 0 saturated heterocycles. The lowest BCUT2D eigenvalue weighted by molar-refractivity contribution is 0.102. The number of benzene rings is 1. The van der Waals surface area contributed by atoms with Gasteiger partial charge in [-0.2, -0.15) is 10.2 Å². The molecule has 3 heterocycles. The van der Waals surface area contributed by atoms with E-state index in [1.165, 1.54) is 10.7 Å². The Hall–Kier alpha value is -3.23. The summed E-state index contributed by atoms with van der Waals surface area (Å²) >= 11 is 6.12. The van der Waals surface area contributed by atoms with Crippen LogP contribution in [0.4, 0.5) is 5.69 Å². The Morgan fingerprint density at radius 2 is 2.18 bits per heavy atom. The van der Waals surface area contributed by atoms with E-state index in [4.69, 9.17) is 16.7 Å². The number of aromatic nitrogens is 5. The molecule has 1 aromatic carbocycles. The van der Waals surface area contributed by atoms with Crippen LogP contribution in [0.5, 0.6) is 0 Å². The fourth-order valence-corrected chi connectivity index (χ4v) is 3.08. The molecule has 28 heavy (non-hydrogen) atoms. The molecule has 0 aliphatic heterocycles. The molecule has 3 aromatic heterocycles. The summed E-state index contributed by atoms with van der Waals surface area (Å²) in [7, 11) is 0. The summed E-state index contributed by atoms with van der Waals surface area (Å²) in [5, 5.41) is 21.3. The van der Waals surface area contributed by atoms with Crippen molar-refractivity contribution in [3.05, 3.63) is 65.7 Å². The van der Waals surface area contributed by atoms with E-state index in [2.05, 4.69) is 20.5 Å². The van der Waals surface area contributed by atoms with Crippen molar-refractivity contribution in [1.82, 2.24) is 24.4 Å². The van der Waals surface area contributed by atoms with Crippen LogP contribution in [0.2, 0.25) is 5.02 Å². The van der Waals surface area contributed by atoms with Crippen molar-refractivity contribution in [2.24, 2.45) is 0 Å². The molecule has 0 saturated carbocycles. The van der Waals surface area contributed by atoms with E-state index in [0.717, 1.165) is 5.56 Å². The first kappa shape index (κ1) is 18.1. The Balaban J connectivity index is 1.69. The summed E-state index contributed by atoms with van der Waals surface area (Å²) < 4.78 is 3.23. The molecule has 0 aliphatic rings. The summed E-state index contributed by atoms with van der Waals surface area (Å²) in [6.45, 7) is 0.584. The van der Waals surface area contributed by atoms with Crippen molar-refractivity contribution in [2.45, 2.75) is 13.0 Å². The van der Waals surface area contributed by atoms with Crippen LogP contribution in [0.1, 0.15) is 16.8 Å². The molecule has 0 bridgehead atoms. The lowest BCUT2D eigenvalue weighted by Crippen LogP contribution is -2.12. The van der Waals surface area contributed by atoms with Crippen LogP contribution in [0.15, 0.2) is 55.1 Å². The molecule has 9 heteroatoms. The van der Waals surface area contributed by atoms with Crippen molar-refractivity contribution in [3.8, 4) is 11.3 Å². The van der Waals surface area contributed by atoms with E-state index in [0.29, 0.717) is 40.6 Å². The third-order valence-corrected chi connectivity index (χ3v) is 4.41. The highest BCUT2D eigenvalue weighted by atomic mass is 35.5. The van der Waals surface area contributed by atoms with Gasteiger partial charge in [0.15, 0.2) is 5.65 Å². The number of amides is 1. The third-order valence-electron chi connectivity index (χ3n) is 4.18. The Bertz CT molecular complexity index is 1140. The summed E-state index contributed by atoms with van der Waals surface area (Å²) in [4.78, 5) is 17.1. The Labute approximate surface area is 165 Å². The Morgan fingerprint density at radius 3 is 3.00 bits per heavy atom. The number of halogens is 1. The average molecular weight is 397 g/mol. The number of aryl methyl sites for hydroxylation is 1. The molecule has 0 atom stereocenters. The van der Waals surface area contributed by atoms with Gasteiger partial charge in [0, 0.05) is 42.3 Å². The zero-order chi connectivity index (χ0) is 19.5. The molecule has 2 N–H and O–H groups in total. The van der Waals surface area contributed by atoms with Gasteiger partial charge in [-0.25, -0.2) is 9.50 Å². The predicted molar refractivity (Wildman–Crippen MR) is 105 cm³/mol. The monoisotopic (exact) mass is 396 g/mol. The van der Waals surface area contributed by atoms with Gasteiger partial charge in [-0.3, -0.25) is 9.48 Å². The quantitative estimate of drug-likeness (QED) is 0.522. The number of hydrogen-bond donors (Lipinski definition) is 2. The molecule has 8 nitrogen and oxygen atoms in total. The van der Waals surface area contributed by atoms with Gasteiger partial charge in [-0.05, 0) is 24.6 Å². The first-order valence-electron chi connectivity index (χ1n) is 8.69. The van der Waals surface area contributed by atoms with Crippen LogP contribution in [-0.2, 0) is 6.54 Å². The number of rotatable bonds is 6. The standard InChI is InChI=1S/C19H17ClN6O2/c20-14-5-1-4-13(10-14)17-16(12-25(24-17)7-3-9-27)23-19(28)15-11-22-26-8-2-6-21-18(15)26/h1-2,4-6,8,10-12,27H,3,7,9H2,(H,23,28). The SMILES string of the molecule is O=C(Nc1cn(CCCO)nc1-c1cccc(Cl)c1)c1cnn2cccnc12. The number of fused-ring (bicyclic) bond motifs is 1. The number of carbonyl (C=O) groups is 1. The zero-order valence-electron chi connectivity index (χ0n) is 14.8. The van der Waals surface area contributed by atoms with Gasteiger partial charge in [-0.15, -0.1) is 0 Å². The minimum atomic E-state index is -0.335. The summed E-state index contributed by atoms with van der Waals surface area (Å²) in [6.07, 6.45) is 7.11. The highest BCUT2D eigenvalue weighted by Gasteiger charge is 2.18. The first-order valence-corrected chi connectivity index (χ1v) is 9.07. The highest BCUT2D eigenvalue weighted by molar-refractivity contribution is 6.30. The molecule has 1 amide bonds. The number of hydrogen-bond acceptors (Lipinski definition) is 5. The van der Waals surface area contributed by atoms with Gasteiger partial charge in [0.2, 0.25) is 0 Å². The number of nitrogens with zero attached hydrogens (tertiary/aromatic N) is 5. The highest BCUT2D eigenvalue weighted by Crippen LogP contribution is 2.29. The topological polar surface area (TPSA) is 97.3 Å². The molecule has 4 aromatic rings. The van der Waals surface area contributed by atoms with E-state index < -0.39 is 0 Å². The first-order chi connectivity index (χ1) is 13.7. The average Bonchev–Trinajstić information content (AvgIpc) is 3.30. The van der Waals surface area contributed by atoms with Crippen molar-refractivity contribution in [2.75, 3.05) is 11.9 Å². The van der Waals surface area contributed by atoms with Crippen molar-refractivity contribution in [3.63, 3.8) is 0 Å². The molecule has 0 radical (unpaired) electrons. The van der Waals surface area contributed by atoms with Gasteiger partial charge in [0.1, 0.15) is 11.3 Å². The van der Waals surface area contributed by atoms with Gasteiger partial charge in [-0.1, -0.05) is 23.7 Å². The zero-order valence-corrected chi connectivity index (χ0v) is 15.5. The molecular weight excluding hydrogens is 380 g/mol. The van der Waals surface area contributed by atoms with E-state index in [-0.39, 0.29) is 12.5 Å². The van der Waals surface area contributed by atoms with Crippen LogP contribution in [0.3, 0.4) is 0 Å². The van der Waals surface area contributed by atoms with E-state index in [1.54, 1.807) is 41.5 Å². The van der Waals surface area contributed by atoms with Crippen LogP contribution in [0.25, 0.3) is 16.9 Å². The minimum Gasteiger partial charge on any atom is -0.396 e. The summed E-state index contributed by atoms with van der Waals surface area (Å²) in [5.74, 6) is -0.335. The number of anilines is 1. The number of aliphatic hydroxyl groups excluding tert-OH is 1. The summed E-state index contributed by atoms with van der Waals surface area (Å²) in [6, 6.07) is 9.00. The predicted octanol–water partition coefficient (Wildman–Crippen LogP) is 2.88. The maximum atomic E-state index is 12.9. The Morgan fingerprint density at radius 1 is 1.29 bits per heavy atom. The van der Waals surface area contributed by atoms with Gasteiger partial charge in [0.05, 0.1) is 11.9 Å². The van der Waals surface area contributed by atoms with Crippen molar-refractivity contribution < 1.29 is 9.90 Å². The fourth-order valence-electron chi connectivity index (χ4n) is 2.89. The maximum Gasteiger partial charge on any atom is 0.261 e. The Kier molecular flexibility index (Phi) is 5.05. The van der Waals surface area contributed by atoms with E-state index in [1.807, 2.05) is 12.1 Å². The molecule has 0 fully saturated rings. The van der Waals surface area contributed by atoms with Crippen LogP contribution in [-0.4, -0.2) is 42.0 Å². The van der Waals surface area contributed by atoms with E-state index in [9.17, 15) is 4.79 Å². The molecule has 0 aliphatic carbocycles. The second-order valence-electron chi connectivity index (χ2n) is 6.14. The lowest BCUT2D eigenvalue weighted by atomic mass is 10.1. The van der Waals surface area contributed by atoms with E-state index >= 15 is 0 Å². The summed E-state index contributed by atoms with van der Waals surface area (Å²) in [5.41, 5.74) is 2.75. The third kappa shape index (κ3) is 3.60. The largest absolute Gasteiger partial charge is 0.396 e. The maximum absolute atomic E-state index is 12.9. The van der Waals surface area contributed by atoms with Gasteiger partial charge in [0.25, 0.3) is 5.91 Å². The van der Waals surface area contributed by atoms with Crippen molar-refractivity contribution >= 4 is 28.8 Å². The number of carbonyl (C=O) groups excluding carboxylic acids is 1. The molecular formula is C19H17ClN6O2. The molecule has 4 rings (SSSR count). The molecule has 0 spiro atoms. The number of nitrogens with one attached hydrogen (secondary N) is 1. The van der Waals surface area contributed by atoms with Crippen LogP contribution in [0, 0.1) is 0 Å². The lowest BCUT2D eigenvalue weighted by Gasteiger charge is -2.05. The fraction of sp³-hybridized carbons (Fsp3) is 0.158. The van der Waals surface area contributed by atoms with Gasteiger partial charge >= 0.3 is 0 Å². The molecule has 0 unspecified atom stereocenters. The second kappa shape index (κ2) is 7.79. The van der Waals surface area contributed by atoms with Crippen molar-refractivity contribution in [1.29, 1.82) is 0 Å². The van der Waals surface area contributed by atoms with Crippen LogP contribution >= 0.6 is 11.6 Å².